The van der Waals surface area contributed by atoms with Crippen LogP contribution in [0.5, 0.6) is 0 Å². The molecule has 1 fully saturated rings. The molecule has 2 N–H and O–H groups in total. The number of hydrogen-bond donors (Lipinski definition) is 2. The summed E-state index contributed by atoms with van der Waals surface area (Å²) in [4.78, 5) is 17.4. The average Bonchev–Trinajstić information content (AvgIpc) is 3.22. The molecule has 3 rings (SSSR count). The highest BCUT2D eigenvalue weighted by Crippen LogP contribution is 2.28. The molecule has 1 atom stereocenters. The SMILES string of the molecule is CCC(C)(NC(=O)c1nnn(C2CCNCC2)c1C)c1nc(C)cs1. The smallest absolute Gasteiger partial charge is 0.274 e. The van der Waals surface area contributed by atoms with Gasteiger partial charge in [-0.15, -0.1) is 16.4 Å². The average molecular weight is 363 g/mol. The molecule has 7 nitrogen and oxygen atoms in total. The third kappa shape index (κ3) is 3.59. The Bertz CT molecular complexity index is 748. The number of nitrogens with zero attached hydrogens (tertiary/aromatic N) is 4. The molecule has 2 aromatic heterocycles. The van der Waals surface area contributed by atoms with Crippen LogP contribution in [0, 0.1) is 13.8 Å². The van der Waals surface area contributed by atoms with E-state index >= 15 is 0 Å². The second kappa shape index (κ2) is 7.21. The fraction of sp³-hybridized carbons (Fsp3) is 0.647. The number of carbonyl (C=O) groups is 1. The van der Waals surface area contributed by atoms with E-state index in [0.29, 0.717) is 11.7 Å². The molecule has 0 aliphatic carbocycles. The fourth-order valence-corrected chi connectivity index (χ4v) is 4.15. The predicted octanol–water partition coefficient (Wildman–Crippen LogP) is 2.33. The Morgan fingerprint density at radius 1 is 1.44 bits per heavy atom. The van der Waals surface area contributed by atoms with Crippen molar-refractivity contribution in [3.8, 4) is 0 Å². The molecular formula is C17H26N6OS. The van der Waals surface area contributed by atoms with Crippen LogP contribution in [0.25, 0.3) is 0 Å². The third-order valence-electron chi connectivity index (χ3n) is 4.98. The van der Waals surface area contributed by atoms with Crippen molar-refractivity contribution in [2.75, 3.05) is 13.1 Å². The molecule has 136 valence electrons. The number of amides is 1. The van der Waals surface area contributed by atoms with Crippen molar-refractivity contribution in [3.63, 3.8) is 0 Å². The second-order valence-corrected chi connectivity index (χ2v) is 7.74. The summed E-state index contributed by atoms with van der Waals surface area (Å²) in [5.74, 6) is -0.185. The van der Waals surface area contributed by atoms with Crippen molar-refractivity contribution in [1.29, 1.82) is 0 Å². The zero-order chi connectivity index (χ0) is 18.0. The summed E-state index contributed by atoms with van der Waals surface area (Å²) < 4.78 is 1.91. The van der Waals surface area contributed by atoms with Crippen LogP contribution in [-0.4, -0.2) is 39.0 Å². The normalized spacial score (nSPS) is 18.1. The highest BCUT2D eigenvalue weighted by molar-refractivity contribution is 7.09. The zero-order valence-corrected chi connectivity index (χ0v) is 16.1. The predicted molar refractivity (Wildman–Crippen MR) is 97.9 cm³/mol. The van der Waals surface area contributed by atoms with Gasteiger partial charge in [-0.2, -0.15) is 0 Å². The Labute approximate surface area is 152 Å². The first-order valence-electron chi connectivity index (χ1n) is 8.82. The van der Waals surface area contributed by atoms with Gasteiger partial charge in [0.15, 0.2) is 5.69 Å². The second-order valence-electron chi connectivity index (χ2n) is 6.88. The summed E-state index contributed by atoms with van der Waals surface area (Å²) in [7, 11) is 0. The zero-order valence-electron chi connectivity index (χ0n) is 15.3. The maximum Gasteiger partial charge on any atom is 0.274 e. The van der Waals surface area contributed by atoms with Gasteiger partial charge in [0.25, 0.3) is 5.91 Å². The van der Waals surface area contributed by atoms with Gasteiger partial charge < -0.3 is 10.6 Å². The molecule has 1 aliphatic heterocycles. The molecule has 1 aliphatic rings. The molecule has 0 bridgehead atoms. The lowest BCUT2D eigenvalue weighted by Crippen LogP contribution is -2.43. The Morgan fingerprint density at radius 3 is 2.76 bits per heavy atom. The lowest BCUT2D eigenvalue weighted by molar-refractivity contribution is 0.0896. The van der Waals surface area contributed by atoms with E-state index < -0.39 is 5.54 Å². The van der Waals surface area contributed by atoms with Crippen molar-refractivity contribution < 1.29 is 4.79 Å². The quantitative estimate of drug-likeness (QED) is 0.853. The molecule has 1 unspecified atom stereocenters. The maximum atomic E-state index is 12.9. The van der Waals surface area contributed by atoms with E-state index in [2.05, 4.69) is 32.9 Å². The van der Waals surface area contributed by atoms with Crippen LogP contribution in [0.4, 0.5) is 0 Å². The van der Waals surface area contributed by atoms with E-state index in [0.717, 1.165) is 48.7 Å². The first-order valence-corrected chi connectivity index (χ1v) is 9.70. The van der Waals surface area contributed by atoms with Gasteiger partial charge in [-0.25, -0.2) is 9.67 Å². The monoisotopic (exact) mass is 362 g/mol. The summed E-state index contributed by atoms with van der Waals surface area (Å²) in [6, 6.07) is 0.314. The van der Waals surface area contributed by atoms with Crippen LogP contribution in [0.2, 0.25) is 0 Å². The fourth-order valence-electron chi connectivity index (χ4n) is 3.16. The van der Waals surface area contributed by atoms with Gasteiger partial charge in [-0.05, 0) is 53.1 Å². The molecule has 2 aromatic rings. The van der Waals surface area contributed by atoms with Crippen molar-refractivity contribution in [2.24, 2.45) is 0 Å². The molecular weight excluding hydrogens is 336 g/mol. The van der Waals surface area contributed by atoms with Crippen molar-refractivity contribution in [3.05, 3.63) is 27.5 Å². The van der Waals surface area contributed by atoms with Gasteiger partial charge in [-0.3, -0.25) is 4.79 Å². The van der Waals surface area contributed by atoms with Crippen LogP contribution >= 0.6 is 11.3 Å². The van der Waals surface area contributed by atoms with Gasteiger partial charge in [-0.1, -0.05) is 12.1 Å². The minimum atomic E-state index is -0.499. The first-order chi connectivity index (χ1) is 11.9. The molecule has 0 aromatic carbocycles. The molecule has 3 heterocycles. The Hall–Kier alpha value is -1.80. The van der Waals surface area contributed by atoms with Gasteiger partial charge in [0.1, 0.15) is 5.01 Å². The minimum Gasteiger partial charge on any atom is -0.339 e. The number of thiazole rings is 1. The van der Waals surface area contributed by atoms with Gasteiger partial charge in [0.2, 0.25) is 0 Å². The van der Waals surface area contributed by atoms with Crippen LogP contribution in [0.15, 0.2) is 5.38 Å². The van der Waals surface area contributed by atoms with Crippen molar-refractivity contribution >= 4 is 17.2 Å². The van der Waals surface area contributed by atoms with E-state index in [1.807, 2.05) is 30.8 Å². The third-order valence-corrected chi connectivity index (χ3v) is 6.21. The summed E-state index contributed by atoms with van der Waals surface area (Å²) in [5, 5.41) is 17.8. The summed E-state index contributed by atoms with van der Waals surface area (Å²) >= 11 is 1.58. The van der Waals surface area contributed by atoms with E-state index in [1.54, 1.807) is 11.3 Å². The van der Waals surface area contributed by atoms with E-state index in [-0.39, 0.29) is 5.91 Å². The van der Waals surface area contributed by atoms with E-state index in [1.165, 1.54) is 0 Å². The van der Waals surface area contributed by atoms with Crippen LogP contribution in [-0.2, 0) is 5.54 Å². The molecule has 0 spiro atoms. The molecule has 1 saturated heterocycles. The molecule has 0 radical (unpaired) electrons. The number of carbonyl (C=O) groups excluding carboxylic acids is 1. The molecule has 8 heteroatoms. The van der Waals surface area contributed by atoms with Crippen LogP contribution in [0.3, 0.4) is 0 Å². The number of aromatic nitrogens is 4. The maximum absolute atomic E-state index is 12.9. The van der Waals surface area contributed by atoms with Crippen LogP contribution in [0.1, 0.15) is 66.0 Å². The first kappa shape index (κ1) is 18.0. The number of nitrogens with one attached hydrogen (secondary N) is 2. The summed E-state index contributed by atoms with van der Waals surface area (Å²) in [5.41, 5.74) is 1.72. The molecule has 0 saturated carbocycles. The summed E-state index contributed by atoms with van der Waals surface area (Å²) in [6.45, 7) is 9.90. The van der Waals surface area contributed by atoms with Gasteiger partial charge >= 0.3 is 0 Å². The van der Waals surface area contributed by atoms with Crippen molar-refractivity contribution in [1.82, 2.24) is 30.6 Å². The largest absolute Gasteiger partial charge is 0.339 e. The van der Waals surface area contributed by atoms with Crippen LogP contribution < -0.4 is 10.6 Å². The van der Waals surface area contributed by atoms with Gasteiger partial charge in [0.05, 0.1) is 17.3 Å². The topological polar surface area (TPSA) is 84.7 Å². The Morgan fingerprint density at radius 2 is 2.16 bits per heavy atom. The van der Waals surface area contributed by atoms with Crippen molar-refractivity contribution in [2.45, 2.75) is 58.5 Å². The highest BCUT2D eigenvalue weighted by atomic mass is 32.1. The number of piperidine rings is 1. The van der Waals surface area contributed by atoms with Gasteiger partial charge in [0, 0.05) is 11.1 Å². The number of rotatable bonds is 5. The lowest BCUT2D eigenvalue weighted by Gasteiger charge is -2.27. The van der Waals surface area contributed by atoms with E-state index in [4.69, 9.17) is 0 Å². The number of aryl methyl sites for hydroxylation is 1. The molecule has 25 heavy (non-hydrogen) atoms. The summed E-state index contributed by atoms with van der Waals surface area (Å²) in [6.07, 6.45) is 2.78. The Kier molecular flexibility index (Phi) is 5.19. The minimum absolute atomic E-state index is 0.185. The lowest BCUT2D eigenvalue weighted by atomic mass is 9.99. The standard InChI is InChI=1S/C17H26N6OS/c1-5-17(4,16-19-11(2)10-25-16)20-15(24)14-12(3)23(22-21-14)13-6-8-18-9-7-13/h10,13,18H,5-9H2,1-4H3,(H,20,24). The van der Waals surface area contributed by atoms with E-state index in [9.17, 15) is 4.79 Å². The Balaban J connectivity index is 1.80. The highest BCUT2D eigenvalue weighted by Gasteiger charge is 2.32. The number of hydrogen-bond acceptors (Lipinski definition) is 6. The molecule has 1 amide bonds.